The summed E-state index contributed by atoms with van der Waals surface area (Å²) < 4.78 is 50.8. The molecule has 2 aliphatic heterocycles. The predicted molar refractivity (Wildman–Crippen MR) is 137 cm³/mol. The lowest BCUT2D eigenvalue weighted by molar-refractivity contribution is -0.137. The molecular weight excluding hydrogens is 517 g/mol. The van der Waals surface area contributed by atoms with Crippen LogP contribution >= 0.6 is 0 Å². The van der Waals surface area contributed by atoms with Crippen LogP contribution in [-0.4, -0.2) is 70.2 Å². The molecule has 212 valence electrons. The first-order valence-electron chi connectivity index (χ1n) is 12.8. The summed E-state index contributed by atoms with van der Waals surface area (Å²) >= 11 is 0. The molecule has 1 aromatic heterocycles. The third kappa shape index (κ3) is 7.08. The van der Waals surface area contributed by atoms with Crippen LogP contribution in [0.3, 0.4) is 0 Å². The maximum absolute atomic E-state index is 13.8. The number of piperazine rings is 1. The fourth-order valence-electron chi connectivity index (χ4n) is 4.48. The molecule has 2 fully saturated rings. The van der Waals surface area contributed by atoms with Gasteiger partial charge in [-0.25, -0.2) is 9.78 Å². The van der Waals surface area contributed by atoms with Gasteiger partial charge in [0.15, 0.2) is 0 Å². The first-order chi connectivity index (χ1) is 18.3. The predicted octanol–water partition coefficient (Wildman–Crippen LogP) is 4.23. The van der Waals surface area contributed by atoms with Gasteiger partial charge in [0.1, 0.15) is 23.1 Å². The minimum Gasteiger partial charge on any atom is -0.444 e. The Hall–Kier alpha value is -3.61. The van der Waals surface area contributed by atoms with Gasteiger partial charge >= 0.3 is 12.3 Å². The Morgan fingerprint density at radius 1 is 1.13 bits per heavy atom. The van der Waals surface area contributed by atoms with Crippen LogP contribution in [0, 0.1) is 0 Å². The number of alkyl halides is 3. The Labute approximate surface area is 224 Å². The van der Waals surface area contributed by atoms with Crippen LogP contribution in [0.1, 0.15) is 66.9 Å². The van der Waals surface area contributed by atoms with Crippen molar-refractivity contribution in [3.8, 4) is 0 Å². The summed E-state index contributed by atoms with van der Waals surface area (Å²) in [6.07, 6.45) is -3.98. The largest absolute Gasteiger partial charge is 0.444 e. The number of hydrogen-bond acceptors (Lipinski definition) is 8. The molecule has 39 heavy (non-hydrogen) atoms. The number of nitrogen functional groups attached to an aromatic ring is 1. The monoisotopic (exact) mass is 550 g/mol. The third-order valence-electron chi connectivity index (χ3n) is 6.34. The fraction of sp³-hybridized carbons (Fsp3) is 0.538. The van der Waals surface area contributed by atoms with E-state index in [2.05, 4.69) is 15.3 Å². The first-order valence-corrected chi connectivity index (χ1v) is 12.8. The van der Waals surface area contributed by atoms with Crippen molar-refractivity contribution in [3.63, 3.8) is 0 Å². The number of nitrogens with one attached hydrogen (secondary N) is 1. The summed E-state index contributed by atoms with van der Waals surface area (Å²) in [6.45, 7) is 6.88. The normalized spacial score (nSPS) is 18.3. The average Bonchev–Trinajstić information content (AvgIpc) is 3.40. The van der Waals surface area contributed by atoms with E-state index in [1.54, 1.807) is 36.6 Å². The summed E-state index contributed by atoms with van der Waals surface area (Å²) in [5, 5.41) is 3.00. The second kappa shape index (κ2) is 11.2. The van der Waals surface area contributed by atoms with Gasteiger partial charge in [-0.3, -0.25) is 4.79 Å². The lowest BCUT2D eigenvalue weighted by Crippen LogP contribution is -2.52. The van der Waals surface area contributed by atoms with Gasteiger partial charge in [0, 0.05) is 39.3 Å². The summed E-state index contributed by atoms with van der Waals surface area (Å²) in [5.74, 6) is -0.348. The van der Waals surface area contributed by atoms with Crippen molar-refractivity contribution in [1.82, 2.24) is 19.8 Å². The van der Waals surface area contributed by atoms with Crippen molar-refractivity contribution in [2.45, 2.75) is 58.0 Å². The van der Waals surface area contributed by atoms with Gasteiger partial charge < -0.3 is 30.3 Å². The number of ether oxygens (including phenoxy) is 2. The number of nitrogens with two attached hydrogens (primary N) is 1. The fourth-order valence-corrected chi connectivity index (χ4v) is 4.48. The van der Waals surface area contributed by atoms with Crippen LogP contribution in [-0.2, 0) is 22.2 Å². The summed E-state index contributed by atoms with van der Waals surface area (Å²) in [6, 6.07) is 4.90. The van der Waals surface area contributed by atoms with E-state index in [0.717, 1.165) is 18.6 Å². The molecular formula is C26H33F3N6O4. The summed E-state index contributed by atoms with van der Waals surface area (Å²) in [4.78, 5) is 38.0. The van der Waals surface area contributed by atoms with Crippen molar-refractivity contribution in [3.05, 3.63) is 46.6 Å². The van der Waals surface area contributed by atoms with Gasteiger partial charge in [0.2, 0.25) is 5.95 Å². The summed E-state index contributed by atoms with van der Waals surface area (Å²) in [5.41, 5.74) is 5.42. The molecule has 0 radical (unpaired) electrons. The number of rotatable bonds is 5. The van der Waals surface area contributed by atoms with Crippen molar-refractivity contribution in [1.29, 1.82) is 0 Å². The van der Waals surface area contributed by atoms with Crippen molar-refractivity contribution >= 4 is 23.8 Å². The van der Waals surface area contributed by atoms with E-state index >= 15 is 0 Å². The Morgan fingerprint density at radius 3 is 2.44 bits per heavy atom. The van der Waals surface area contributed by atoms with Gasteiger partial charge in [0.05, 0.1) is 11.3 Å². The second-order valence-electron chi connectivity index (χ2n) is 10.5. The van der Waals surface area contributed by atoms with Crippen LogP contribution in [0.25, 0.3) is 0 Å². The average molecular weight is 551 g/mol. The zero-order valence-corrected chi connectivity index (χ0v) is 22.2. The molecule has 0 saturated carbocycles. The Bertz CT molecular complexity index is 1200. The first kappa shape index (κ1) is 28.4. The van der Waals surface area contributed by atoms with E-state index < -0.39 is 29.5 Å². The van der Waals surface area contributed by atoms with E-state index in [1.165, 1.54) is 6.07 Å². The maximum atomic E-state index is 13.8. The van der Waals surface area contributed by atoms with E-state index in [9.17, 15) is 22.8 Å². The maximum Gasteiger partial charge on any atom is 0.416 e. The summed E-state index contributed by atoms with van der Waals surface area (Å²) in [7, 11) is 0. The topological polar surface area (TPSA) is 123 Å². The number of nitrogens with zero attached hydrogens (tertiary/aromatic N) is 4. The van der Waals surface area contributed by atoms with Gasteiger partial charge in [0.25, 0.3) is 5.91 Å². The second-order valence-corrected chi connectivity index (χ2v) is 10.5. The highest BCUT2D eigenvalue weighted by atomic mass is 19.4. The van der Waals surface area contributed by atoms with Gasteiger partial charge in [-0.2, -0.15) is 18.2 Å². The highest BCUT2D eigenvalue weighted by Crippen LogP contribution is 2.34. The number of carbonyl (C=O) groups is 2. The van der Waals surface area contributed by atoms with Crippen molar-refractivity contribution in [2.75, 3.05) is 43.8 Å². The highest BCUT2D eigenvalue weighted by molar-refractivity contribution is 6.00. The molecule has 2 aromatic rings. The van der Waals surface area contributed by atoms with E-state index in [1.807, 2.05) is 0 Å². The van der Waals surface area contributed by atoms with Crippen LogP contribution in [0.5, 0.6) is 0 Å². The Balaban J connectivity index is 1.58. The minimum absolute atomic E-state index is 0.0297. The van der Waals surface area contributed by atoms with Gasteiger partial charge in [-0.1, -0.05) is 12.1 Å². The quantitative estimate of drug-likeness (QED) is 0.567. The standard InChI is InChI=1S/C26H33F3N6O4/c1-25(2,3)39-24(37)35-11-9-34(10-12-35)22(36)19-20(18-8-5-13-38-18)32-23(30)33-21(19)31-15-16-6-4-7-17(14-16)26(27,28)29/h4,6-7,14,18H,5,8-13,15H2,1-3H3,(H3,30,31,32,33). The zero-order valence-electron chi connectivity index (χ0n) is 22.2. The lowest BCUT2D eigenvalue weighted by atomic mass is 10.0. The molecule has 4 rings (SSSR count). The van der Waals surface area contributed by atoms with Crippen LogP contribution < -0.4 is 11.1 Å². The smallest absolute Gasteiger partial charge is 0.416 e. The highest BCUT2D eigenvalue weighted by Gasteiger charge is 2.34. The Morgan fingerprint density at radius 2 is 1.82 bits per heavy atom. The number of halogens is 3. The van der Waals surface area contributed by atoms with Crippen LogP contribution in [0.15, 0.2) is 24.3 Å². The van der Waals surface area contributed by atoms with E-state index in [-0.39, 0.29) is 56.0 Å². The molecule has 10 nitrogen and oxygen atoms in total. The SMILES string of the molecule is CC(C)(C)OC(=O)N1CCN(C(=O)c2c(NCc3cccc(C(F)(F)F)c3)nc(N)nc2C2CCCO2)CC1. The number of benzene rings is 1. The number of anilines is 2. The minimum atomic E-state index is -4.48. The molecule has 13 heteroatoms. The van der Waals surface area contributed by atoms with E-state index in [0.29, 0.717) is 24.3 Å². The molecule has 3 heterocycles. The molecule has 0 spiro atoms. The molecule has 1 atom stereocenters. The number of hydrogen-bond donors (Lipinski definition) is 2. The van der Waals surface area contributed by atoms with Gasteiger partial charge in [-0.15, -0.1) is 0 Å². The third-order valence-corrected chi connectivity index (χ3v) is 6.34. The zero-order chi connectivity index (χ0) is 28.4. The molecule has 2 aliphatic rings. The van der Waals surface area contributed by atoms with Crippen molar-refractivity contribution in [2.24, 2.45) is 0 Å². The molecule has 2 amide bonds. The molecule has 0 bridgehead atoms. The van der Waals surface area contributed by atoms with E-state index in [4.69, 9.17) is 15.2 Å². The lowest BCUT2D eigenvalue weighted by Gasteiger charge is -2.36. The molecule has 0 aliphatic carbocycles. The Kier molecular flexibility index (Phi) is 8.19. The molecule has 2 saturated heterocycles. The number of amides is 2. The van der Waals surface area contributed by atoms with Crippen LogP contribution in [0.4, 0.5) is 29.7 Å². The molecule has 1 unspecified atom stereocenters. The number of aromatic nitrogens is 2. The molecule has 1 aromatic carbocycles. The van der Waals surface area contributed by atoms with Crippen LogP contribution in [0.2, 0.25) is 0 Å². The van der Waals surface area contributed by atoms with Crippen molar-refractivity contribution < 1.29 is 32.2 Å². The molecule has 3 N–H and O–H groups in total. The van der Waals surface area contributed by atoms with Gasteiger partial charge in [-0.05, 0) is 51.3 Å². The number of carbonyl (C=O) groups excluding carboxylic acids is 2.